The van der Waals surface area contributed by atoms with Gasteiger partial charge < -0.3 is 10.4 Å². The third-order valence-corrected chi connectivity index (χ3v) is 3.10. The van der Waals surface area contributed by atoms with Gasteiger partial charge in [0, 0.05) is 23.8 Å². The molecule has 2 N–H and O–H groups in total. The molecule has 2 aromatic rings. The van der Waals surface area contributed by atoms with E-state index in [1.54, 1.807) is 17.8 Å². The van der Waals surface area contributed by atoms with E-state index in [0.29, 0.717) is 23.1 Å². The lowest BCUT2D eigenvalue weighted by atomic mass is 10.4. The molecular formula is C10H12N4O2S. The Morgan fingerprint density at radius 2 is 2.47 bits per heavy atom. The number of carboxylic acid groups (broad SMARTS) is 1. The number of nitrogens with one attached hydrogen (secondary N) is 1. The maximum absolute atomic E-state index is 10.8. The number of thiazole rings is 1. The molecule has 0 fully saturated rings. The van der Waals surface area contributed by atoms with Crippen molar-refractivity contribution >= 4 is 22.4 Å². The van der Waals surface area contributed by atoms with E-state index in [-0.39, 0.29) is 5.69 Å². The molecule has 0 aliphatic carbocycles. The van der Waals surface area contributed by atoms with Crippen molar-refractivity contribution in [3.05, 3.63) is 29.0 Å². The molecule has 0 saturated heterocycles. The fourth-order valence-corrected chi connectivity index (χ4v) is 2.21. The first-order valence-corrected chi connectivity index (χ1v) is 5.90. The molecule has 2 rings (SSSR count). The molecule has 0 unspecified atom stereocenters. The Bertz CT molecular complexity index is 506. The zero-order valence-electron chi connectivity index (χ0n) is 9.25. The molecule has 0 aromatic carbocycles. The van der Waals surface area contributed by atoms with E-state index in [0.717, 1.165) is 0 Å². The van der Waals surface area contributed by atoms with Gasteiger partial charge in [-0.15, -0.1) is 11.3 Å². The highest BCUT2D eigenvalue weighted by Crippen LogP contribution is 2.21. The fraction of sp³-hybridized carbons (Fsp3) is 0.300. The van der Waals surface area contributed by atoms with Crippen LogP contribution in [0.15, 0.2) is 18.5 Å². The van der Waals surface area contributed by atoms with Crippen LogP contribution in [0.25, 0.3) is 0 Å². The van der Waals surface area contributed by atoms with Crippen LogP contribution in [-0.2, 0) is 6.54 Å². The third kappa shape index (κ3) is 2.82. The number of carboxylic acids is 1. The van der Waals surface area contributed by atoms with Gasteiger partial charge in [0.2, 0.25) is 0 Å². The van der Waals surface area contributed by atoms with Crippen LogP contribution in [0.5, 0.6) is 0 Å². The molecule has 2 aromatic heterocycles. The Morgan fingerprint density at radius 1 is 1.65 bits per heavy atom. The summed E-state index contributed by atoms with van der Waals surface area (Å²) in [4.78, 5) is 15.5. The SMILES string of the molecule is Cc1sc(NCCn2cccn2)nc1C(=O)O. The summed E-state index contributed by atoms with van der Waals surface area (Å²) in [6.45, 7) is 3.13. The largest absolute Gasteiger partial charge is 0.476 e. The first-order valence-electron chi connectivity index (χ1n) is 5.09. The summed E-state index contributed by atoms with van der Waals surface area (Å²) in [5, 5.41) is 16.6. The van der Waals surface area contributed by atoms with Crippen LogP contribution >= 0.6 is 11.3 Å². The van der Waals surface area contributed by atoms with Crippen molar-refractivity contribution in [1.82, 2.24) is 14.8 Å². The lowest BCUT2D eigenvalue weighted by Crippen LogP contribution is -2.10. The highest BCUT2D eigenvalue weighted by atomic mass is 32.1. The number of hydrogen-bond donors (Lipinski definition) is 2. The Morgan fingerprint density at radius 3 is 3.06 bits per heavy atom. The number of carbonyl (C=O) groups is 1. The molecule has 0 aliphatic rings. The quantitative estimate of drug-likeness (QED) is 0.842. The molecule has 2 heterocycles. The van der Waals surface area contributed by atoms with Crippen LogP contribution in [-0.4, -0.2) is 32.4 Å². The van der Waals surface area contributed by atoms with Crippen LogP contribution in [0.1, 0.15) is 15.4 Å². The van der Waals surface area contributed by atoms with Crippen molar-refractivity contribution in [2.75, 3.05) is 11.9 Å². The van der Waals surface area contributed by atoms with Crippen LogP contribution in [0.4, 0.5) is 5.13 Å². The van der Waals surface area contributed by atoms with Gasteiger partial charge in [0.25, 0.3) is 0 Å². The van der Waals surface area contributed by atoms with Crippen LogP contribution in [0.2, 0.25) is 0 Å². The summed E-state index contributed by atoms with van der Waals surface area (Å²) in [7, 11) is 0. The molecule has 0 saturated carbocycles. The first kappa shape index (κ1) is 11.6. The molecule has 17 heavy (non-hydrogen) atoms. The molecule has 0 bridgehead atoms. The second kappa shape index (κ2) is 4.96. The minimum absolute atomic E-state index is 0.122. The third-order valence-electron chi connectivity index (χ3n) is 2.18. The molecular weight excluding hydrogens is 240 g/mol. The Balaban J connectivity index is 1.91. The maximum Gasteiger partial charge on any atom is 0.355 e. The summed E-state index contributed by atoms with van der Waals surface area (Å²) >= 11 is 1.35. The summed E-state index contributed by atoms with van der Waals surface area (Å²) in [6.07, 6.45) is 3.59. The van der Waals surface area contributed by atoms with Crippen molar-refractivity contribution in [2.45, 2.75) is 13.5 Å². The standard InChI is InChI=1S/C10H12N4O2S/c1-7-8(9(15)16)13-10(17-7)11-4-6-14-5-2-3-12-14/h2-3,5H,4,6H2,1H3,(H,11,13)(H,15,16). The fourth-order valence-electron chi connectivity index (χ4n) is 1.38. The first-order chi connectivity index (χ1) is 8.16. The number of aryl methyl sites for hydroxylation is 1. The van der Waals surface area contributed by atoms with Gasteiger partial charge in [0.05, 0.1) is 6.54 Å². The molecule has 0 aliphatic heterocycles. The minimum atomic E-state index is -0.987. The van der Waals surface area contributed by atoms with Crippen molar-refractivity contribution in [2.24, 2.45) is 0 Å². The average molecular weight is 252 g/mol. The topological polar surface area (TPSA) is 80.0 Å². The Hall–Kier alpha value is -1.89. The number of anilines is 1. The van der Waals surface area contributed by atoms with E-state index in [1.165, 1.54) is 11.3 Å². The van der Waals surface area contributed by atoms with E-state index in [1.807, 2.05) is 12.3 Å². The predicted octanol–water partition coefficient (Wildman–Crippen LogP) is 1.46. The molecule has 7 heteroatoms. The van der Waals surface area contributed by atoms with Gasteiger partial charge in [0.15, 0.2) is 10.8 Å². The molecule has 90 valence electrons. The van der Waals surface area contributed by atoms with Gasteiger partial charge in [-0.25, -0.2) is 9.78 Å². The van der Waals surface area contributed by atoms with Gasteiger partial charge in [-0.3, -0.25) is 4.68 Å². The Kier molecular flexibility index (Phi) is 3.38. The number of aromatic carboxylic acids is 1. The smallest absolute Gasteiger partial charge is 0.355 e. The van der Waals surface area contributed by atoms with E-state index >= 15 is 0 Å². The van der Waals surface area contributed by atoms with Gasteiger partial charge in [0.1, 0.15) is 0 Å². The monoisotopic (exact) mass is 252 g/mol. The summed E-state index contributed by atoms with van der Waals surface area (Å²) in [5.74, 6) is -0.987. The average Bonchev–Trinajstić information content (AvgIpc) is 2.88. The number of nitrogens with zero attached hydrogens (tertiary/aromatic N) is 3. The van der Waals surface area contributed by atoms with E-state index in [2.05, 4.69) is 15.4 Å². The second-order valence-electron chi connectivity index (χ2n) is 3.42. The molecule has 0 atom stereocenters. The zero-order chi connectivity index (χ0) is 12.3. The van der Waals surface area contributed by atoms with E-state index in [4.69, 9.17) is 5.11 Å². The van der Waals surface area contributed by atoms with E-state index < -0.39 is 5.97 Å². The molecule has 6 nitrogen and oxygen atoms in total. The molecule has 0 spiro atoms. The minimum Gasteiger partial charge on any atom is -0.476 e. The normalized spacial score (nSPS) is 10.4. The van der Waals surface area contributed by atoms with Gasteiger partial charge in [-0.1, -0.05) is 0 Å². The van der Waals surface area contributed by atoms with Crippen LogP contribution < -0.4 is 5.32 Å². The summed E-state index contributed by atoms with van der Waals surface area (Å²) in [6, 6.07) is 1.86. The summed E-state index contributed by atoms with van der Waals surface area (Å²) in [5.41, 5.74) is 0.122. The highest BCUT2D eigenvalue weighted by molar-refractivity contribution is 7.15. The van der Waals surface area contributed by atoms with Gasteiger partial charge in [-0.05, 0) is 13.0 Å². The molecule has 0 amide bonds. The van der Waals surface area contributed by atoms with Crippen molar-refractivity contribution in [1.29, 1.82) is 0 Å². The van der Waals surface area contributed by atoms with Gasteiger partial charge in [-0.2, -0.15) is 5.10 Å². The summed E-state index contributed by atoms with van der Waals surface area (Å²) < 4.78 is 1.80. The zero-order valence-corrected chi connectivity index (χ0v) is 10.1. The maximum atomic E-state index is 10.8. The van der Waals surface area contributed by atoms with Crippen LogP contribution in [0, 0.1) is 6.92 Å². The highest BCUT2D eigenvalue weighted by Gasteiger charge is 2.13. The Labute approximate surface area is 102 Å². The van der Waals surface area contributed by atoms with Crippen molar-refractivity contribution < 1.29 is 9.90 Å². The lowest BCUT2D eigenvalue weighted by molar-refractivity contribution is 0.0690. The number of aromatic nitrogens is 3. The van der Waals surface area contributed by atoms with Crippen molar-refractivity contribution in [3.8, 4) is 0 Å². The van der Waals surface area contributed by atoms with Gasteiger partial charge >= 0.3 is 5.97 Å². The van der Waals surface area contributed by atoms with Crippen molar-refractivity contribution in [3.63, 3.8) is 0 Å². The predicted molar refractivity (Wildman–Crippen MR) is 64.5 cm³/mol. The molecule has 0 radical (unpaired) electrons. The van der Waals surface area contributed by atoms with Crippen LogP contribution in [0.3, 0.4) is 0 Å². The second-order valence-corrected chi connectivity index (χ2v) is 4.63. The number of rotatable bonds is 5. The lowest BCUT2D eigenvalue weighted by Gasteiger charge is -2.02. The van der Waals surface area contributed by atoms with E-state index in [9.17, 15) is 4.79 Å². The number of hydrogen-bond acceptors (Lipinski definition) is 5.